The number of benzene rings is 3. The van der Waals surface area contributed by atoms with Gasteiger partial charge in [-0.3, -0.25) is 19.5 Å². The average molecular weight is 598 g/mol. The van der Waals surface area contributed by atoms with Crippen molar-refractivity contribution >= 4 is 63.0 Å². The highest BCUT2D eigenvalue weighted by Gasteiger charge is 2.23. The van der Waals surface area contributed by atoms with Gasteiger partial charge in [-0.15, -0.1) is 21.5 Å². The Balaban J connectivity index is 1.33. The summed E-state index contributed by atoms with van der Waals surface area (Å²) in [5.74, 6) is 0.0401. The molecule has 0 aliphatic rings. The molecule has 0 fully saturated rings. The van der Waals surface area contributed by atoms with Crippen LogP contribution in [-0.4, -0.2) is 36.3 Å². The highest BCUT2D eigenvalue weighted by molar-refractivity contribution is 7.99. The maximum atomic E-state index is 12.8. The fourth-order valence-corrected chi connectivity index (χ4v) is 5.90. The Morgan fingerprint density at radius 3 is 2.46 bits per heavy atom. The van der Waals surface area contributed by atoms with Crippen molar-refractivity contribution in [1.82, 2.24) is 19.7 Å². The van der Waals surface area contributed by atoms with E-state index in [2.05, 4.69) is 20.5 Å². The first-order valence-corrected chi connectivity index (χ1v) is 14.0. The van der Waals surface area contributed by atoms with Crippen molar-refractivity contribution < 1.29 is 9.72 Å². The Bertz CT molecular complexity index is 1640. The van der Waals surface area contributed by atoms with E-state index in [4.69, 9.17) is 23.2 Å². The zero-order valence-corrected chi connectivity index (χ0v) is 23.1. The van der Waals surface area contributed by atoms with E-state index >= 15 is 0 Å². The second-order valence-corrected chi connectivity index (χ2v) is 11.0. The number of nitrogens with one attached hydrogen (secondary N) is 1. The molecule has 5 rings (SSSR count). The summed E-state index contributed by atoms with van der Waals surface area (Å²) in [7, 11) is 0. The first-order valence-electron chi connectivity index (χ1n) is 11.5. The number of thioether (sulfide) groups is 1. The van der Waals surface area contributed by atoms with Crippen LogP contribution in [0.5, 0.6) is 0 Å². The summed E-state index contributed by atoms with van der Waals surface area (Å²) < 4.78 is 1.70. The molecule has 1 N–H and O–H groups in total. The highest BCUT2D eigenvalue weighted by atomic mass is 35.5. The Morgan fingerprint density at radius 1 is 1.00 bits per heavy atom. The molecule has 3 aromatic carbocycles. The molecular formula is C26H18Cl2N6O3S2. The minimum atomic E-state index is -0.457. The number of anilines is 1. The molecule has 0 unspecified atom stereocenters. The molecule has 1 amide bonds. The van der Waals surface area contributed by atoms with Crippen LogP contribution in [0.25, 0.3) is 17.1 Å². The second-order valence-electron chi connectivity index (χ2n) is 8.10. The van der Waals surface area contributed by atoms with E-state index in [1.165, 1.54) is 17.4 Å². The quantitative estimate of drug-likeness (QED) is 0.111. The van der Waals surface area contributed by atoms with Crippen LogP contribution in [0.1, 0.15) is 10.4 Å². The van der Waals surface area contributed by atoms with Crippen LogP contribution < -0.4 is 5.32 Å². The number of carbonyl (C=O) groups excluding carboxylic acids is 1. The minimum Gasteiger partial charge on any atom is -0.301 e. The van der Waals surface area contributed by atoms with Crippen LogP contribution in [-0.2, 0) is 11.2 Å². The standard InChI is InChI=1S/C26H18Cl2N6O3S2/c27-20-10-6-11-21(28)19(20)13-17-14-29-25(39-17)30-23(35)15-38-26-32-31-24(33(26)16-7-2-1-3-8-16)18-9-4-5-12-22(18)34(36)37/h1-12,14H,13,15H2,(H,29,30,35). The predicted octanol–water partition coefficient (Wildman–Crippen LogP) is 6.93. The van der Waals surface area contributed by atoms with Gasteiger partial charge in [-0.25, -0.2) is 4.98 Å². The zero-order chi connectivity index (χ0) is 27.4. The Morgan fingerprint density at radius 2 is 1.72 bits per heavy atom. The Hall–Kier alpha value is -3.77. The molecule has 0 spiro atoms. The number of nitro benzene ring substituents is 1. The summed E-state index contributed by atoms with van der Waals surface area (Å²) in [5.41, 5.74) is 1.74. The van der Waals surface area contributed by atoms with E-state index in [0.29, 0.717) is 43.8 Å². The summed E-state index contributed by atoms with van der Waals surface area (Å²) in [4.78, 5) is 29.2. The molecule has 0 aliphatic heterocycles. The molecule has 0 bridgehead atoms. The third kappa shape index (κ3) is 6.12. The first kappa shape index (κ1) is 26.8. The van der Waals surface area contributed by atoms with Crippen molar-refractivity contribution in [3.05, 3.63) is 110 Å². The number of para-hydroxylation sites is 2. The fourth-order valence-electron chi connectivity index (χ4n) is 3.78. The molecule has 2 heterocycles. The van der Waals surface area contributed by atoms with E-state index in [1.54, 1.807) is 47.2 Å². The van der Waals surface area contributed by atoms with E-state index in [-0.39, 0.29) is 17.3 Å². The topological polar surface area (TPSA) is 116 Å². The van der Waals surface area contributed by atoms with Gasteiger partial charge in [0.1, 0.15) is 0 Å². The highest BCUT2D eigenvalue weighted by Crippen LogP contribution is 2.33. The van der Waals surface area contributed by atoms with E-state index in [9.17, 15) is 14.9 Å². The van der Waals surface area contributed by atoms with Crippen molar-refractivity contribution in [2.24, 2.45) is 0 Å². The lowest BCUT2D eigenvalue weighted by molar-refractivity contribution is -0.384. The number of amides is 1. The van der Waals surface area contributed by atoms with Crippen molar-refractivity contribution in [2.75, 3.05) is 11.1 Å². The Kier molecular flexibility index (Phi) is 8.22. The number of aromatic nitrogens is 4. The lowest BCUT2D eigenvalue weighted by Gasteiger charge is -2.10. The number of thiazole rings is 1. The number of nitro groups is 1. The summed E-state index contributed by atoms with van der Waals surface area (Å²) in [6.07, 6.45) is 2.17. The molecule has 39 heavy (non-hydrogen) atoms. The molecular weight excluding hydrogens is 579 g/mol. The number of hydrogen-bond donors (Lipinski definition) is 1. The third-order valence-corrected chi connectivity index (χ3v) is 8.08. The Labute approximate surface area is 241 Å². The number of hydrogen-bond acceptors (Lipinski definition) is 8. The van der Waals surface area contributed by atoms with Gasteiger partial charge in [0, 0.05) is 39.3 Å². The van der Waals surface area contributed by atoms with Crippen LogP contribution in [0.4, 0.5) is 10.8 Å². The molecule has 5 aromatic rings. The van der Waals surface area contributed by atoms with Crippen LogP contribution in [0.3, 0.4) is 0 Å². The van der Waals surface area contributed by atoms with Crippen molar-refractivity contribution in [3.63, 3.8) is 0 Å². The van der Waals surface area contributed by atoms with Gasteiger partial charge in [0.25, 0.3) is 5.69 Å². The van der Waals surface area contributed by atoms with E-state index in [1.807, 2.05) is 30.3 Å². The first-order chi connectivity index (χ1) is 18.9. The van der Waals surface area contributed by atoms with Crippen LogP contribution in [0.2, 0.25) is 10.0 Å². The maximum absolute atomic E-state index is 12.8. The molecule has 196 valence electrons. The molecule has 0 atom stereocenters. The lowest BCUT2D eigenvalue weighted by atomic mass is 10.1. The number of nitrogens with zero attached hydrogens (tertiary/aromatic N) is 5. The zero-order valence-electron chi connectivity index (χ0n) is 20.0. The van der Waals surface area contributed by atoms with Gasteiger partial charge < -0.3 is 5.32 Å². The molecule has 9 nitrogen and oxygen atoms in total. The van der Waals surface area contributed by atoms with Gasteiger partial charge in [0.15, 0.2) is 16.1 Å². The monoisotopic (exact) mass is 596 g/mol. The average Bonchev–Trinajstić information content (AvgIpc) is 3.57. The van der Waals surface area contributed by atoms with Crippen molar-refractivity contribution in [2.45, 2.75) is 11.6 Å². The molecule has 0 radical (unpaired) electrons. The van der Waals surface area contributed by atoms with Crippen LogP contribution in [0, 0.1) is 10.1 Å². The molecule has 0 aliphatic carbocycles. The largest absolute Gasteiger partial charge is 0.301 e. The predicted molar refractivity (Wildman–Crippen MR) is 154 cm³/mol. The number of halogens is 2. The number of carbonyl (C=O) groups is 1. The lowest BCUT2D eigenvalue weighted by Crippen LogP contribution is -2.14. The summed E-state index contributed by atoms with van der Waals surface area (Å²) in [6, 6.07) is 20.9. The van der Waals surface area contributed by atoms with Crippen LogP contribution >= 0.6 is 46.3 Å². The third-order valence-electron chi connectivity index (χ3n) is 5.53. The molecule has 13 heteroatoms. The van der Waals surface area contributed by atoms with Crippen molar-refractivity contribution in [1.29, 1.82) is 0 Å². The second kappa shape index (κ2) is 12.0. The smallest absolute Gasteiger partial charge is 0.280 e. The molecule has 0 saturated carbocycles. The van der Waals surface area contributed by atoms with Crippen molar-refractivity contribution in [3.8, 4) is 17.1 Å². The van der Waals surface area contributed by atoms with Crippen LogP contribution in [0.15, 0.2) is 84.1 Å². The summed E-state index contributed by atoms with van der Waals surface area (Å²) in [6.45, 7) is 0. The van der Waals surface area contributed by atoms with Gasteiger partial charge in [-0.05, 0) is 35.9 Å². The normalized spacial score (nSPS) is 10.9. The van der Waals surface area contributed by atoms with Gasteiger partial charge in [-0.2, -0.15) is 0 Å². The fraction of sp³-hybridized carbons (Fsp3) is 0.0769. The SMILES string of the molecule is O=C(CSc1nnc(-c2ccccc2[N+](=O)[O-])n1-c1ccccc1)Nc1ncc(Cc2c(Cl)cccc2Cl)s1. The number of rotatable bonds is 9. The summed E-state index contributed by atoms with van der Waals surface area (Å²) in [5, 5.41) is 25.0. The van der Waals surface area contributed by atoms with Gasteiger partial charge >= 0.3 is 0 Å². The molecule has 2 aromatic heterocycles. The van der Waals surface area contributed by atoms with E-state index < -0.39 is 4.92 Å². The van der Waals surface area contributed by atoms with E-state index in [0.717, 1.165) is 22.2 Å². The van der Waals surface area contributed by atoms with Gasteiger partial charge in [0.05, 0.1) is 16.2 Å². The maximum Gasteiger partial charge on any atom is 0.280 e. The minimum absolute atomic E-state index is 0.0209. The van der Waals surface area contributed by atoms with Gasteiger partial charge in [0.2, 0.25) is 5.91 Å². The van der Waals surface area contributed by atoms with Gasteiger partial charge in [-0.1, -0.05) is 71.4 Å². The summed E-state index contributed by atoms with van der Waals surface area (Å²) >= 11 is 15.0. The molecule has 0 saturated heterocycles.